The molecule has 0 aliphatic rings. The number of rotatable bonds is 5. The molecule has 0 aliphatic heterocycles. The smallest absolute Gasteiger partial charge is 0.188 e. The van der Waals surface area contributed by atoms with Crippen LogP contribution >= 0.6 is 0 Å². The molecule has 0 bridgehead atoms. The van der Waals surface area contributed by atoms with E-state index < -0.39 is 0 Å². The summed E-state index contributed by atoms with van der Waals surface area (Å²) < 4.78 is 5.45. The van der Waals surface area contributed by atoms with Gasteiger partial charge in [-0.15, -0.1) is 0 Å². The van der Waals surface area contributed by atoms with E-state index in [1.54, 1.807) is 12.3 Å². The number of furan rings is 1. The van der Waals surface area contributed by atoms with Crippen LogP contribution in [0.25, 0.3) is 0 Å². The van der Waals surface area contributed by atoms with Gasteiger partial charge in [-0.25, -0.2) is 0 Å². The molecule has 0 aliphatic carbocycles. The number of oxime groups is 1. The zero-order valence-electron chi connectivity index (χ0n) is 10.6. The van der Waals surface area contributed by atoms with Crippen LogP contribution in [0.15, 0.2) is 40.0 Å². The van der Waals surface area contributed by atoms with E-state index in [2.05, 4.69) is 15.5 Å². The van der Waals surface area contributed by atoms with Crippen LogP contribution < -0.4 is 11.1 Å². The van der Waals surface area contributed by atoms with Crippen LogP contribution in [0.4, 0.5) is 0 Å². The SMILES string of the molecule is Cc1ccc(CNCc2ccnc(C(N)=NO)c2)o1. The molecule has 0 aromatic carbocycles. The van der Waals surface area contributed by atoms with E-state index >= 15 is 0 Å². The summed E-state index contributed by atoms with van der Waals surface area (Å²) in [5.74, 6) is 1.79. The van der Waals surface area contributed by atoms with Crippen LogP contribution in [0.3, 0.4) is 0 Å². The molecule has 0 saturated carbocycles. The lowest BCUT2D eigenvalue weighted by Crippen LogP contribution is -2.17. The standard InChI is InChI=1S/C13H16N4O2/c1-9-2-3-11(19-9)8-15-7-10-4-5-16-12(6-10)13(14)17-18/h2-6,15,18H,7-8H2,1H3,(H2,14,17). The lowest BCUT2D eigenvalue weighted by molar-refractivity contribution is 0.318. The Kier molecular flexibility index (Phi) is 4.15. The molecule has 0 spiro atoms. The lowest BCUT2D eigenvalue weighted by Gasteiger charge is -2.04. The number of aryl methyl sites for hydroxylation is 1. The van der Waals surface area contributed by atoms with E-state index in [0.717, 1.165) is 17.1 Å². The van der Waals surface area contributed by atoms with Gasteiger partial charge in [0.2, 0.25) is 0 Å². The van der Waals surface area contributed by atoms with Gasteiger partial charge in [-0.1, -0.05) is 5.16 Å². The van der Waals surface area contributed by atoms with E-state index in [1.807, 2.05) is 25.1 Å². The van der Waals surface area contributed by atoms with Crippen molar-refractivity contribution in [3.63, 3.8) is 0 Å². The molecular formula is C13H16N4O2. The van der Waals surface area contributed by atoms with Gasteiger partial charge in [0, 0.05) is 12.7 Å². The summed E-state index contributed by atoms with van der Waals surface area (Å²) in [5.41, 5.74) is 6.94. The Labute approximate surface area is 110 Å². The quantitative estimate of drug-likeness (QED) is 0.326. The van der Waals surface area contributed by atoms with Crippen LogP contribution in [0.2, 0.25) is 0 Å². The monoisotopic (exact) mass is 260 g/mol. The minimum Gasteiger partial charge on any atom is -0.465 e. The van der Waals surface area contributed by atoms with Crippen molar-refractivity contribution in [3.05, 3.63) is 53.2 Å². The maximum absolute atomic E-state index is 8.60. The van der Waals surface area contributed by atoms with Crippen molar-refractivity contribution < 1.29 is 9.62 Å². The van der Waals surface area contributed by atoms with Crippen molar-refractivity contribution in [2.24, 2.45) is 10.9 Å². The van der Waals surface area contributed by atoms with E-state index in [-0.39, 0.29) is 5.84 Å². The number of hydrogen-bond donors (Lipinski definition) is 3. The number of nitrogens with zero attached hydrogens (tertiary/aromatic N) is 2. The molecule has 6 nitrogen and oxygen atoms in total. The van der Waals surface area contributed by atoms with E-state index in [1.165, 1.54) is 0 Å². The molecule has 0 atom stereocenters. The number of nitrogens with one attached hydrogen (secondary N) is 1. The van der Waals surface area contributed by atoms with Gasteiger partial charge in [0.25, 0.3) is 0 Å². The largest absolute Gasteiger partial charge is 0.465 e. The fraction of sp³-hybridized carbons (Fsp3) is 0.231. The minimum atomic E-state index is 0.00325. The molecule has 2 heterocycles. The average Bonchev–Trinajstić information content (AvgIpc) is 2.84. The summed E-state index contributed by atoms with van der Waals surface area (Å²) in [6, 6.07) is 7.51. The highest BCUT2D eigenvalue weighted by Gasteiger charge is 2.03. The van der Waals surface area contributed by atoms with Crippen molar-refractivity contribution in [1.82, 2.24) is 10.3 Å². The number of hydrogen-bond acceptors (Lipinski definition) is 5. The second-order valence-electron chi connectivity index (χ2n) is 4.15. The molecule has 2 aromatic rings. The topological polar surface area (TPSA) is 96.7 Å². The van der Waals surface area contributed by atoms with Gasteiger partial charge in [-0.3, -0.25) is 4.98 Å². The van der Waals surface area contributed by atoms with Gasteiger partial charge in [0.05, 0.1) is 6.54 Å². The molecule has 4 N–H and O–H groups in total. The fourth-order valence-corrected chi connectivity index (χ4v) is 1.69. The van der Waals surface area contributed by atoms with Crippen LogP contribution in [-0.4, -0.2) is 16.0 Å². The lowest BCUT2D eigenvalue weighted by atomic mass is 10.2. The molecule has 0 fully saturated rings. The summed E-state index contributed by atoms with van der Waals surface area (Å²) in [6.45, 7) is 3.21. The molecule has 19 heavy (non-hydrogen) atoms. The van der Waals surface area contributed by atoms with E-state index in [4.69, 9.17) is 15.4 Å². The Hall–Kier alpha value is -2.34. The third-order valence-corrected chi connectivity index (χ3v) is 2.62. The third-order valence-electron chi connectivity index (χ3n) is 2.62. The number of nitrogens with two attached hydrogens (primary N) is 1. The first-order chi connectivity index (χ1) is 9.19. The summed E-state index contributed by atoms with van der Waals surface area (Å²) in [6.07, 6.45) is 1.63. The van der Waals surface area contributed by atoms with Crippen molar-refractivity contribution >= 4 is 5.84 Å². The first-order valence-corrected chi connectivity index (χ1v) is 5.88. The van der Waals surface area contributed by atoms with Gasteiger partial charge in [0.1, 0.15) is 17.2 Å². The molecule has 0 amide bonds. The summed E-state index contributed by atoms with van der Waals surface area (Å²) in [4.78, 5) is 4.02. The van der Waals surface area contributed by atoms with Crippen molar-refractivity contribution in [3.8, 4) is 0 Å². The number of pyridine rings is 1. The Morgan fingerprint density at radius 1 is 1.42 bits per heavy atom. The van der Waals surface area contributed by atoms with Gasteiger partial charge < -0.3 is 20.7 Å². The average molecular weight is 260 g/mol. The minimum absolute atomic E-state index is 0.00325. The first kappa shape index (κ1) is 13.1. The van der Waals surface area contributed by atoms with Crippen LogP contribution in [0.1, 0.15) is 22.8 Å². The molecule has 2 aromatic heterocycles. The number of aromatic nitrogens is 1. The molecule has 0 radical (unpaired) electrons. The van der Waals surface area contributed by atoms with Crippen LogP contribution in [-0.2, 0) is 13.1 Å². The van der Waals surface area contributed by atoms with Gasteiger partial charge in [-0.05, 0) is 36.8 Å². The van der Waals surface area contributed by atoms with Gasteiger partial charge in [0.15, 0.2) is 5.84 Å². The molecule has 0 unspecified atom stereocenters. The summed E-state index contributed by atoms with van der Waals surface area (Å²) >= 11 is 0. The highest BCUT2D eigenvalue weighted by molar-refractivity contribution is 5.95. The second-order valence-corrected chi connectivity index (χ2v) is 4.15. The zero-order chi connectivity index (χ0) is 13.7. The maximum Gasteiger partial charge on any atom is 0.188 e. The molecule has 0 saturated heterocycles. The van der Waals surface area contributed by atoms with Gasteiger partial charge in [-0.2, -0.15) is 0 Å². The predicted octanol–water partition coefficient (Wildman–Crippen LogP) is 1.37. The first-order valence-electron chi connectivity index (χ1n) is 5.88. The third kappa shape index (κ3) is 3.56. The Morgan fingerprint density at radius 3 is 2.95 bits per heavy atom. The fourth-order valence-electron chi connectivity index (χ4n) is 1.69. The van der Waals surface area contributed by atoms with Gasteiger partial charge >= 0.3 is 0 Å². The summed E-state index contributed by atoms with van der Waals surface area (Å²) in [5, 5.41) is 14.8. The Bertz CT molecular complexity index is 578. The van der Waals surface area contributed by atoms with Crippen LogP contribution in [0.5, 0.6) is 0 Å². The van der Waals surface area contributed by atoms with Crippen molar-refractivity contribution in [1.29, 1.82) is 0 Å². The summed E-state index contributed by atoms with van der Waals surface area (Å²) in [7, 11) is 0. The highest BCUT2D eigenvalue weighted by atomic mass is 16.4. The normalized spacial score (nSPS) is 11.7. The maximum atomic E-state index is 8.60. The van der Waals surface area contributed by atoms with E-state index in [0.29, 0.717) is 18.8 Å². The van der Waals surface area contributed by atoms with Crippen molar-refractivity contribution in [2.75, 3.05) is 0 Å². The Morgan fingerprint density at radius 2 is 2.26 bits per heavy atom. The second kappa shape index (κ2) is 6.01. The molecule has 100 valence electrons. The van der Waals surface area contributed by atoms with Crippen LogP contribution in [0, 0.1) is 6.92 Å². The predicted molar refractivity (Wildman–Crippen MR) is 70.7 cm³/mol. The zero-order valence-corrected chi connectivity index (χ0v) is 10.6. The molecule has 6 heteroatoms. The van der Waals surface area contributed by atoms with Crippen molar-refractivity contribution in [2.45, 2.75) is 20.0 Å². The highest BCUT2D eigenvalue weighted by Crippen LogP contribution is 2.06. The Balaban J connectivity index is 1.92. The number of amidine groups is 1. The molecular weight excluding hydrogens is 244 g/mol. The molecule has 2 rings (SSSR count). The van der Waals surface area contributed by atoms with E-state index in [9.17, 15) is 0 Å².